The molecule has 0 aliphatic carbocycles. The van der Waals surface area contributed by atoms with Crippen LogP contribution in [0.1, 0.15) is 90.2 Å². The minimum atomic E-state index is -4.58. The van der Waals surface area contributed by atoms with Crippen LogP contribution in [0.3, 0.4) is 0 Å². The Bertz CT molecular complexity index is 915. The molecule has 2 atom stereocenters. The quantitative estimate of drug-likeness (QED) is 0.364. The molecule has 0 aromatic heterocycles. The van der Waals surface area contributed by atoms with E-state index in [4.69, 9.17) is 14.3 Å². The fourth-order valence-electron chi connectivity index (χ4n) is 4.34. The lowest BCUT2D eigenvalue weighted by Gasteiger charge is -2.30. The molecule has 10 heteroatoms. The summed E-state index contributed by atoms with van der Waals surface area (Å²) < 4.78 is 52.4. The number of nitrogens with zero attached hydrogens (tertiary/aromatic N) is 2. The van der Waals surface area contributed by atoms with Gasteiger partial charge >= 0.3 is 12.3 Å². The van der Waals surface area contributed by atoms with Crippen molar-refractivity contribution in [3.05, 3.63) is 29.3 Å². The first-order valence-electron chi connectivity index (χ1n) is 12.8. The van der Waals surface area contributed by atoms with Crippen molar-refractivity contribution in [2.45, 2.75) is 103 Å². The number of amides is 1. The summed E-state index contributed by atoms with van der Waals surface area (Å²) in [6, 6.07) is 3.54. The van der Waals surface area contributed by atoms with Gasteiger partial charge in [0.05, 0.1) is 18.2 Å². The lowest BCUT2D eigenvalue weighted by Crippen LogP contribution is -2.50. The van der Waals surface area contributed by atoms with Crippen LogP contribution in [0.5, 0.6) is 5.75 Å². The Hall–Kier alpha value is -2.65. The van der Waals surface area contributed by atoms with Gasteiger partial charge in [0.25, 0.3) is 0 Å². The molecule has 0 spiro atoms. The minimum absolute atomic E-state index is 0.184. The second-order valence-corrected chi connectivity index (χ2v) is 10.3. The first-order chi connectivity index (χ1) is 17.0. The molecule has 1 aromatic carbocycles. The van der Waals surface area contributed by atoms with E-state index in [1.807, 2.05) is 0 Å². The molecule has 0 bridgehead atoms. The monoisotopic (exact) mass is 513 g/mol. The zero-order valence-electron chi connectivity index (χ0n) is 21.6. The normalized spacial score (nSPS) is 20.1. The van der Waals surface area contributed by atoms with Crippen LogP contribution in [0.15, 0.2) is 23.4 Å². The van der Waals surface area contributed by atoms with E-state index in [1.165, 1.54) is 18.6 Å². The predicted molar refractivity (Wildman–Crippen MR) is 131 cm³/mol. The Labute approximate surface area is 211 Å². The van der Waals surface area contributed by atoms with Crippen LogP contribution in [0.2, 0.25) is 0 Å². The average Bonchev–Trinajstić information content (AvgIpc) is 3.46. The molecule has 1 amide bonds. The van der Waals surface area contributed by atoms with Gasteiger partial charge in [0.15, 0.2) is 5.84 Å². The molecule has 2 heterocycles. The summed E-state index contributed by atoms with van der Waals surface area (Å²) in [5.74, 6) is -0.00761. The number of likely N-dealkylation sites (tertiary alicyclic amines) is 1. The van der Waals surface area contributed by atoms with Gasteiger partial charge in [-0.1, -0.05) is 44.2 Å². The van der Waals surface area contributed by atoms with Crippen molar-refractivity contribution in [3.8, 4) is 5.75 Å². The average molecular weight is 514 g/mol. The van der Waals surface area contributed by atoms with Crippen molar-refractivity contribution in [2.24, 2.45) is 5.16 Å². The summed E-state index contributed by atoms with van der Waals surface area (Å²) in [6.07, 6.45) is 1.88. The van der Waals surface area contributed by atoms with Crippen LogP contribution in [-0.2, 0) is 15.8 Å². The van der Waals surface area contributed by atoms with Crippen LogP contribution in [0.4, 0.5) is 18.0 Å². The standard InChI is InChI=1S/C26H38F3N3O4/c1-5-6-7-8-9-10-16-34-21-14-13-18(17-19(21)26(27,28)29)22-30-23(36-31-22)20-12-11-15-32(20)24(33)35-25(2,3)4/h13-14,17,20,23H,5-12,15-16H2,1-4H3,(H,30,31). The highest BCUT2D eigenvalue weighted by molar-refractivity contribution is 5.99. The third-order valence-electron chi connectivity index (χ3n) is 6.13. The van der Waals surface area contributed by atoms with Crippen molar-refractivity contribution in [2.75, 3.05) is 13.2 Å². The number of hydrogen-bond acceptors (Lipinski definition) is 6. The molecule has 0 saturated carbocycles. The van der Waals surface area contributed by atoms with Gasteiger partial charge in [0.1, 0.15) is 11.4 Å². The highest BCUT2D eigenvalue weighted by Gasteiger charge is 2.41. The van der Waals surface area contributed by atoms with Gasteiger partial charge in [0.2, 0.25) is 6.23 Å². The zero-order valence-corrected chi connectivity index (χ0v) is 21.6. The maximum Gasteiger partial charge on any atom is 0.419 e. The number of carbonyl (C=O) groups is 1. The Morgan fingerprint density at radius 2 is 1.89 bits per heavy atom. The minimum Gasteiger partial charge on any atom is -0.493 e. The van der Waals surface area contributed by atoms with Gasteiger partial charge < -0.3 is 19.6 Å². The molecule has 1 fully saturated rings. The number of carbonyl (C=O) groups excluding carboxylic acids is 1. The Morgan fingerprint density at radius 3 is 2.58 bits per heavy atom. The van der Waals surface area contributed by atoms with Gasteiger partial charge in [-0.05, 0) is 58.2 Å². The third-order valence-corrected chi connectivity index (χ3v) is 6.13. The Balaban J connectivity index is 1.62. The van der Waals surface area contributed by atoms with Crippen LogP contribution in [-0.4, -0.2) is 47.9 Å². The number of rotatable bonds is 10. The van der Waals surface area contributed by atoms with Gasteiger partial charge in [-0.25, -0.2) is 4.79 Å². The van der Waals surface area contributed by atoms with E-state index in [1.54, 1.807) is 25.7 Å². The molecule has 1 saturated heterocycles. The van der Waals surface area contributed by atoms with Crippen LogP contribution in [0.25, 0.3) is 0 Å². The molecule has 0 radical (unpaired) electrons. The van der Waals surface area contributed by atoms with E-state index >= 15 is 0 Å². The van der Waals surface area contributed by atoms with Gasteiger partial charge in [-0.3, -0.25) is 4.90 Å². The summed E-state index contributed by atoms with van der Waals surface area (Å²) in [5.41, 5.74) is -1.25. The van der Waals surface area contributed by atoms with Gasteiger partial charge in [-0.2, -0.15) is 13.2 Å². The van der Waals surface area contributed by atoms with Gasteiger partial charge in [-0.15, -0.1) is 0 Å². The molecule has 1 aromatic rings. The number of oxime groups is 1. The summed E-state index contributed by atoms with van der Waals surface area (Å²) in [4.78, 5) is 19.7. The van der Waals surface area contributed by atoms with Crippen LogP contribution < -0.4 is 10.1 Å². The van der Waals surface area contributed by atoms with Crippen molar-refractivity contribution >= 4 is 11.9 Å². The Kier molecular flexibility index (Phi) is 9.35. The maximum absolute atomic E-state index is 13.8. The molecular weight excluding hydrogens is 475 g/mol. The molecule has 2 aliphatic rings. The largest absolute Gasteiger partial charge is 0.493 e. The van der Waals surface area contributed by atoms with E-state index in [2.05, 4.69) is 17.4 Å². The number of halogens is 3. The fraction of sp³-hybridized carbons (Fsp3) is 0.692. The second kappa shape index (κ2) is 12.1. The number of nitrogens with one attached hydrogen (secondary N) is 1. The van der Waals surface area contributed by atoms with E-state index in [0.717, 1.165) is 38.2 Å². The second-order valence-electron chi connectivity index (χ2n) is 10.3. The first kappa shape index (κ1) is 27.9. The molecule has 202 valence electrons. The number of benzene rings is 1. The number of alkyl halides is 3. The molecule has 3 rings (SSSR count). The lowest BCUT2D eigenvalue weighted by molar-refractivity contribution is -0.139. The fourth-order valence-corrected chi connectivity index (χ4v) is 4.34. The van der Waals surface area contributed by atoms with E-state index < -0.39 is 29.7 Å². The SMILES string of the molecule is CCCCCCCCOc1ccc(C2=NOC(C3CCCN3C(=O)OC(C)(C)C)N2)cc1C(F)(F)F. The van der Waals surface area contributed by atoms with Crippen LogP contribution >= 0.6 is 0 Å². The number of unbranched alkanes of at least 4 members (excludes halogenated alkanes) is 5. The molecule has 2 aliphatic heterocycles. The zero-order chi connectivity index (χ0) is 26.3. The smallest absolute Gasteiger partial charge is 0.419 e. The predicted octanol–water partition coefficient (Wildman–Crippen LogP) is 6.45. The first-order valence-corrected chi connectivity index (χ1v) is 12.8. The van der Waals surface area contributed by atoms with Crippen molar-refractivity contribution in [1.82, 2.24) is 10.2 Å². The highest BCUT2D eigenvalue weighted by Crippen LogP contribution is 2.37. The van der Waals surface area contributed by atoms with E-state index in [0.29, 0.717) is 19.4 Å². The van der Waals surface area contributed by atoms with Crippen molar-refractivity contribution < 1.29 is 32.3 Å². The van der Waals surface area contributed by atoms with Crippen LogP contribution in [0, 0.1) is 0 Å². The molecule has 2 unspecified atom stereocenters. The molecular formula is C26H38F3N3O4. The van der Waals surface area contributed by atoms with Crippen molar-refractivity contribution in [3.63, 3.8) is 0 Å². The van der Waals surface area contributed by atoms with E-state index in [9.17, 15) is 18.0 Å². The molecule has 7 nitrogen and oxygen atoms in total. The maximum atomic E-state index is 13.8. The summed E-state index contributed by atoms with van der Waals surface area (Å²) in [7, 11) is 0. The topological polar surface area (TPSA) is 72.4 Å². The lowest BCUT2D eigenvalue weighted by atomic mass is 10.1. The number of ether oxygens (including phenoxy) is 2. The van der Waals surface area contributed by atoms with E-state index in [-0.39, 0.29) is 29.8 Å². The molecule has 36 heavy (non-hydrogen) atoms. The number of amidine groups is 1. The van der Waals surface area contributed by atoms with Gasteiger partial charge in [0, 0.05) is 12.1 Å². The Morgan fingerprint density at radius 1 is 1.17 bits per heavy atom. The molecule has 1 N–H and O–H groups in total. The number of hydrogen-bond donors (Lipinski definition) is 1. The summed E-state index contributed by atoms with van der Waals surface area (Å²) >= 11 is 0. The summed E-state index contributed by atoms with van der Waals surface area (Å²) in [5, 5.41) is 7.02. The summed E-state index contributed by atoms with van der Waals surface area (Å²) in [6.45, 7) is 8.26. The van der Waals surface area contributed by atoms with Crippen molar-refractivity contribution in [1.29, 1.82) is 0 Å². The third kappa shape index (κ3) is 7.67. The highest BCUT2D eigenvalue weighted by atomic mass is 19.4.